The van der Waals surface area contributed by atoms with Crippen molar-refractivity contribution >= 4 is 22.8 Å². The van der Waals surface area contributed by atoms with E-state index < -0.39 is 0 Å². The van der Waals surface area contributed by atoms with Gasteiger partial charge in [-0.2, -0.15) is 0 Å². The number of hydrogen-bond donors (Lipinski definition) is 1. The number of carbonyl (C=O) groups is 1. The van der Waals surface area contributed by atoms with E-state index in [-0.39, 0.29) is 11.9 Å². The highest BCUT2D eigenvalue weighted by atomic mass is 32.2. The average Bonchev–Trinajstić information content (AvgIpc) is 2.58. The Hall–Kier alpha value is -0.550. The first-order chi connectivity index (χ1) is 5.77. The first-order valence-corrected chi connectivity index (χ1v) is 4.99. The maximum atomic E-state index is 11.3. The normalized spacial score (nSPS) is 29.8. The Morgan fingerprint density at radius 1 is 1.67 bits per heavy atom. The van der Waals surface area contributed by atoms with E-state index in [0.717, 1.165) is 17.5 Å². The number of aliphatic imine (C=N–C) groups is 1. The highest BCUT2D eigenvalue weighted by Crippen LogP contribution is 2.20. The maximum absolute atomic E-state index is 11.3. The average molecular weight is 185 g/mol. The molecule has 5 heteroatoms. The molecule has 2 N–H and O–H groups in total. The van der Waals surface area contributed by atoms with Crippen molar-refractivity contribution in [3.05, 3.63) is 0 Å². The second-order valence-electron chi connectivity index (χ2n) is 2.98. The summed E-state index contributed by atoms with van der Waals surface area (Å²) in [7, 11) is 0. The first kappa shape index (κ1) is 8.07. The molecule has 1 unspecified atom stereocenters. The molecule has 0 aliphatic carbocycles. The summed E-state index contributed by atoms with van der Waals surface area (Å²) < 4.78 is 0. The van der Waals surface area contributed by atoms with Gasteiger partial charge < -0.3 is 5.73 Å². The number of hydrogen-bond acceptors (Lipinski definition) is 4. The fourth-order valence-corrected chi connectivity index (χ4v) is 2.29. The molecule has 0 spiro atoms. The summed E-state index contributed by atoms with van der Waals surface area (Å²) in [5.41, 5.74) is 5.66. The molecule has 2 aliphatic rings. The Labute approximate surface area is 75.2 Å². The summed E-state index contributed by atoms with van der Waals surface area (Å²) in [4.78, 5) is 17.3. The molecule has 66 valence electrons. The number of carbonyl (C=O) groups excluding carboxylic acids is 1. The van der Waals surface area contributed by atoms with Gasteiger partial charge in [-0.1, -0.05) is 11.8 Å². The van der Waals surface area contributed by atoms with Crippen LogP contribution in [0.25, 0.3) is 0 Å². The number of thioether (sulfide) groups is 1. The predicted molar refractivity (Wildman–Crippen MR) is 49.1 cm³/mol. The molecule has 4 nitrogen and oxygen atoms in total. The van der Waals surface area contributed by atoms with Crippen LogP contribution in [-0.4, -0.2) is 40.9 Å². The molecule has 0 aromatic heterocycles. The van der Waals surface area contributed by atoms with Crippen LogP contribution in [0.15, 0.2) is 4.99 Å². The SMILES string of the molecule is NC1CC(=O)N(C2=NCCS2)C1. The number of rotatable bonds is 0. The van der Waals surface area contributed by atoms with Crippen LogP contribution in [0.2, 0.25) is 0 Å². The van der Waals surface area contributed by atoms with Crippen LogP contribution in [0.1, 0.15) is 6.42 Å². The smallest absolute Gasteiger partial charge is 0.230 e. The van der Waals surface area contributed by atoms with Crippen LogP contribution < -0.4 is 5.73 Å². The summed E-state index contributed by atoms with van der Waals surface area (Å²) >= 11 is 1.64. The molecule has 0 saturated carbocycles. The lowest BCUT2D eigenvalue weighted by atomic mass is 10.3. The van der Waals surface area contributed by atoms with Crippen molar-refractivity contribution in [1.82, 2.24) is 4.90 Å². The van der Waals surface area contributed by atoms with Crippen LogP contribution >= 0.6 is 11.8 Å². The third-order valence-corrected chi connectivity index (χ3v) is 2.95. The maximum Gasteiger partial charge on any atom is 0.230 e. The van der Waals surface area contributed by atoms with Gasteiger partial charge in [0.05, 0.1) is 6.54 Å². The third kappa shape index (κ3) is 1.34. The Morgan fingerprint density at radius 2 is 2.50 bits per heavy atom. The Kier molecular flexibility index (Phi) is 2.06. The minimum absolute atomic E-state index is 0.00130. The number of likely N-dealkylation sites (tertiary alicyclic amines) is 1. The summed E-state index contributed by atoms with van der Waals surface area (Å²) in [6.07, 6.45) is 0.472. The Balaban J connectivity index is 2.08. The number of nitrogens with two attached hydrogens (primary N) is 1. The van der Waals surface area contributed by atoms with E-state index in [9.17, 15) is 4.79 Å². The first-order valence-electron chi connectivity index (χ1n) is 4.00. The second kappa shape index (κ2) is 3.06. The van der Waals surface area contributed by atoms with Crippen molar-refractivity contribution < 1.29 is 4.79 Å². The molecular weight excluding hydrogens is 174 g/mol. The minimum atomic E-state index is 0.00130. The number of amidine groups is 1. The van der Waals surface area contributed by atoms with Crippen LogP contribution in [0.3, 0.4) is 0 Å². The molecule has 1 atom stereocenters. The summed E-state index contributed by atoms with van der Waals surface area (Å²) in [5.74, 6) is 1.12. The van der Waals surface area contributed by atoms with Crippen molar-refractivity contribution in [2.24, 2.45) is 10.7 Å². The van der Waals surface area contributed by atoms with Crippen molar-refractivity contribution in [3.8, 4) is 0 Å². The fraction of sp³-hybridized carbons (Fsp3) is 0.714. The van der Waals surface area contributed by atoms with Crippen LogP contribution in [0.5, 0.6) is 0 Å². The third-order valence-electron chi connectivity index (χ3n) is 1.96. The Morgan fingerprint density at radius 3 is 3.00 bits per heavy atom. The molecule has 0 aromatic carbocycles. The predicted octanol–water partition coefficient (Wildman–Crippen LogP) is -0.351. The van der Waals surface area contributed by atoms with Gasteiger partial charge in [0.25, 0.3) is 0 Å². The van der Waals surface area contributed by atoms with Crippen LogP contribution in [-0.2, 0) is 4.79 Å². The second-order valence-corrected chi connectivity index (χ2v) is 4.04. The lowest BCUT2D eigenvalue weighted by Crippen LogP contribution is -2.31. The minimum Gasteiger partial charge on any atom is -0.326 e. The lowest BCUT2D eigenvalue weighted by Gasteiger charge is -2.13. The highest BCUT2D eigenvalue weighted by Gasteiger charge is 2.31. The quantitative estimate of drug-likeness (QED) is 0.561. The molecule has 2 heterocycles. The molecular formula is C7H11N3OS. The highest BCUT2D eigenvalue weighted by molar-refractivity contribution is 8.14. The van der Waals surface area contributed by atoms with Gasteiger partial charge in [0.1, 0.15) is 0 Å². The standard InChI is InChI=1S/C7H11N3OS/c8-5-3-6(11)10(4-5)7-9-1-2-12-7/h5H,1-4,8H2. The zero-order valence-electron chi connectivity index (χ0n) is 6.69. The summed E-state index contributed by atoms with van der Waals surface area (Å²) in [5, 5.41) is 0.868. The molecule has 2 aliphatic heterocycles. The van der Waals surface area contributed by atoms with E-state index >= 15 is 0 Å². The fourth-order valence-electron chi connectivity index (χ4n) is 1.41. The van der Waals surface area contributed by atoms with E-state index in [1.54, 1.807) is 16.7 Å². The zero-order valence-corrected chi connectivity index (χ0v) is 7.51. The molecule has 2 rings (SSSR count). The molecule has 1 saturated heterocycles. The lowest BCUT2D eigenvalue weighted by molar-refractivity contribution is -0.124. The summed E-state index contributed by atoms with van der Waals surface area (Å²) in [6, 6.07) is 0.00130. The zero-order chi connectivity index (χ0) is 8.55. The van der Waals surface area contributed by atoms with E-state index in [4.69, 9.17) is 5.73 Å². The van der Waals surface area contributed by atoms with Crippen molar-refractivity contribution in [2.75, 3.05) is 18.8 Å². The van der Waals surface area contributed by atoms with Crippen molar-refractivity contribution in [1.29, 1.82) is 0 Å². The van der Waals surface area contributed by atoms with Gasteiger partial charge in [0.15, 0.2) is 5.17 Å². The molecule has 1 fully saturated rings. The largest absolute Gasteiger partial charge is 0.326 e. The van der Waals surface area contributed by atoms with Gasteiger partial charge >= 0.3 is 0 Å². The van der Waals surface area contributed by atoms with Gasteiger partial charge in [-0.15, -0.1) is 0 Å². The molecule has 0 bridgehead atoms. The van der Waals surface area contributed by atoms with Gasteiger partial charge in [0, 0.05) is 24.8 Å². The monoisotopic (exact) mass is 185 g/mol. The van der Waals surface area contributed by atoms with Gasteiger partial charge in [-0.3, -0.25) is 14.7 Å². The molecule has 1 amide bonds. The summed E-state index contributed by atoms with van der Waals surface area (Å²) in [6.45, 7) is 1.48. The van der Waals surface area contributed by atoms with Crippen molar-refractivity contribution in [3.63, 3.8) is 0 Å². The number of amides is 1. The van der Waals surface area contributed by atoms with Gasteiger partial charge in [0.2, 0.25) is 5.91 Å². The van der Waals surface area contributed by atoms with Crippen LogP contribution in [0, 0.1) is 0 Å². The van der Waals surface area contributed by atoms with Gasteiger partial charge in [-0.25, -0.2) is 0 Å². The van der Waals surface area contributed by atoms with E-state index in [0.29, 0.717) is 13.0 Å². The molecule has 0 aromatic rings. The van der Waals surface area contributed by atoms with E-state index in [1.807, 2.05) is 0 Å². The molecule has 12 heavy (non-hydrogen) atoms. The van der Waals surface area contributed by atoms with E-state index in [1.165, 1.54) is 0 Å². The topological polar surface area (TPSA) is 58.7 Å². The van der Waals surface area contributed by atoms with E-state index in [2.05, 4.69) is 4.99 Å². The molecule has 0 radical (unpaired) electrons. The number of nitrogens with zero attached hydrogens (tertiary/aromatic N) is 2. The van der Waals surface area contributed by atoms with Gasteiger partial charge in [-0.05, 0) is 0 Å². The Bertz CT molecular complexity index is 241. The van der Waals surface area contributed by atoms with Crippen LogP contribution in [0.4, 0.5) is 0 Å². The van der Waals surface area contributed by atoms with Crippen molar-refractivity contribution in [2.45, 2.75) is 12.5 Å².